The van der Waals surface area contributed by atoms with E-state index in [1.165, 1.54) is 0 Å². The minimum atomic E-state index is -0.584. The molecule has 2 aromatic rings. The number of hydrogen-bond acceptors (Lipinski definition) is 6. The molecule has 0 spiro atoms. The number of Topliss-reactive ketones (excluding diaryl/α,β-unsaturated/α-hetero) is 1. The molecule has 0 aliphatic carbocycles. The molecule has 1 aromatic carbocycles. The van der Waals surface area contributed by atoms with Gasteiger partial charge in [-0.2, -0.15) is 5.10 Å². The predicted molar refractivity (Wildman–Crippen MR) is 153 cm³/mol. The molecule has 39 heavy (non-hydrogen) atoms. The van der Waals surface area contributed by atoms with E-state index in [-0.39, 0.29) is 36.8 Å². The van der Waals surface area contributed by atoms with E-state index in [0.717, 1.165) is 53.2 Å². The monoisotopic (exact) mass is 624 g/mol. The van der Waals surface area contributed by atoms with Crippen LogP contribution in [0.4, 0.5) is 4.79 Å². The summed E-state index contributed by atoms with van der Waals surface area (Å²) in [7, 11) is 0. The van der Waals surface area contributed by atoms with E-state index in [4.69, 9.17) is 21.1 Å². The maximum Gasteiger partial charge on any atom is 0.410 e. The van der Waals surface area contributed by atoms with Crippen molar-refractivity contribution in [3.8, 4) is 0 Å². The van der Waals surface area contributed by atoms with Gasteiger partial charge in [-0.25, -0.2) is 9.48 Å². The summed E-state index contributed by atoms with van der Waals surface area (Å²) in [5, 5.41) is 8.89. The lowest BCUT2D eigenvalue weighted by Gasteiger charge is -2.33. The molecule has 1 N–H and O–H groups in total. The van der Waals surface area contributed by atoms with Crippen molar-refractivity contribution in [1.82, 2.24) is 20.0 Å². The van der Waals surface area contributed by atoms with Crippen LogP contribution in [0, 0.1) is 5.92 Å². The SMILES string of the molecule is CC(C)(C)OC(=O)N1CCCC(C(=O)CNC(=O)CCCc2c(Cl)cc3c(cnn3C3CCCCO3)c2Br)C1. The molecule has 0 saturated carbocycles. The Labute approximate surface area is 243 Å². The quantitative estimate of drug-likeness (QED) is 0.398. The van der Waals surface area contributed by atoms with Crippen LogP contribution in [0.15, 0.2) is 16.7 Å². The zero-order valence-electron chi connectivity index (χ0n) is 22.9. The lowest BCUT2D eigenvalue weighted by Crippen LogP contribution is -2.46. The van der Waals surface area contributed by atoms with Crippen LogP contribution in [0.3, 0.4) is 0 Å². The van der Waals surface area contributed by atoms with Crippen molar-refractivity contribution in [2.24, 2.45) is 5.92 Å². The smallest absolute Gasteiger partial charge is 0.410 e. The van der Waals surface area contributed by atoms with Crippen LogP contribution in [0.25, 0.3) is 10.9 Å². The molecular weight excluding hydrogens is 588 g/mol. The molecule has 4 rings (SSSR count). The number of likely N-dealkylation sites (tertiary alicyclic amines) is 1. The van der Waals surface area contributed by atoms with E-state index in [1.54, 1.807) is 4.90 Å². The number of ketones is 1. The van der Waals surface area contributed by atoms with Gasteiger partial charge in [0.1, 0.15) is 5.60 Å². The number of nitrogens with zero attached hydrogens (tertiary/aromatic N) is 3. The normalized spacial score (nSPS) is 20.2. The first-order valence-electron chi connectivity index (χ1n) is 13.8. The number of benzene rings is 1. The highest BCUT2D eigenvalue weighted by Gasteiger charge is 2.31. The molecule has 2 aliphatic heterocycles. The molecule has 11 heteroatoms. The van der Waals surface area contributed by atoms with E-state index < -0.39 is 11.7 Å². The van der Waals surface area contributed by atoms with Crippen LogP contribution >= 0.6 is 27.5 Å². The number of rotatable bonds is 8. The number of carbonyl (C=O) groups is 3. The summed E-state index contributed by atoms with van der Waals surface area (Å²) in [5.41, 5.74) is 1.27. The molecule has 2 fully saturated rings. The van der Waals surface area contributed by atoms with Crippen LogP contribution in [-0.4, -0.2) is 64.3 Å². The van der Waals surface area contributed by atoms with Crippen LogP contribution < -0.4 is 5.32 Å². The third kappa shape index (κ3) is 7.73. The molecule has 0 bridgehead atoms. The van der Waals surface area contributed by atoms with Gasteiger partial charge in [0.05, 0.1) is 18.3 Å². The van der Waals surface area contributed by atoms with E-state index in [1.807, 2.05) is 37.7 Å². The Bertz CT molecular complexity index is 1200. The topological polar surface area (TPSA) is 103 Å². The molecule has 214 valence electrons. The molecule has 2 atom stereocenters. The average Bonchev–Trinajstić information content (AvgIpc) is 3.32. The summed E-state index contributed by atoms with van der Waals surface area (Å²) in [6, 6.07) is 1.92. The fourth-order valence-corrected chi connectivity index (χ4v) is 6.23. The molecule has 3 heterocycles. The van der Waals surface area contributed by atoms with Crippen molar-refractivity contribution in [2.45, 2.75) is 84.0 Å². The fourth-order valence-electron chi connectivity index (χ4n) is 5.11. The molecule has 2 unspecified atom stereocenters. The number of piperidine rings is 1. The third-order valence-corrected chi connectivity index (χ3v) is 8.38. The van der Waals surface area contributed by atoms with Crippen molar-refractivity contribution in [2.75, 3.05) is 26.2 Å². The van der Waals surface area contributed by atoms with Gasteiger partial charge < -0.3 is 19.7 Å². The van der Waals surface area contributed by atoms with Crippen molar-refractivity contribution in [3.63, 3.8) is 0 Å². The number of hydrogen-bond donors (Lipinski definition) is 1. The number of aromatic nitrogens is 2. The molecule has 9 nitrogen and oxygen atoms in total. The first kappa shape index (κ1) is 29.8. The Balaban J connectivity index is 1.25. The summed E-state index contributed by atoms with van der Waals surface area (Å²) in [6.07, 6.45) is 7.35. The van der Waals surface area contributed by atoms with Crippen LogP contribution in [-0.2, 0) is 25.5 Å². The van der Waals surface area contributed by atoms with Crippen molar-refractivity contribution >= 4 is 56.2 Å². The van der Waals surface area contributed by atoms with Crippen molar-refractivity contribution < 1.29 is 23.9 Å². The second-order valence-corrected chi connectivity index (χ2v) is 12.6. The van der Waals surface area contributed by atoms with Gasteiger partial charge in [0, 0.05) is 46.9 Å². The number of carbonyl (C=O) groups excluding carboxylic acids is 3. The van der Waals surface area contributed by atoms with Gasteiger partial charge in [0.25, 0.3) is 0 Å². The minimum absolute atomic E-state index is 0.0372. The molecular formula is C28H38BrClN4O5. The molecule has 1 aromatic heterocycles. The largest absolute Gasteiger partial charge is 0.444 e. The lowest BCUT2D eigenvalue weighted by atomic mass is 9.94. The Morgan fingerprint density at radius 1 is 1.23 bits per heavy atom. The maximum absolute atomic E-state index is 12.7. The third-order valence-electron chi connectivity index (χ3n) is 7.13. The highest BCUT2D eigenvalue weighted by Crippen LogP contribution is 2.36. The Kier molecular flexibility index (Phi) is 9.93. The van der Waals surface area contributed by atoms with Crippen LogP contribution in [0.2, 0.25) is 5.02 Å². The van der Waals surface area contributed by atoms with Crippen molar-refractivity contribution in [1.29, 1.82) is 0 Å². The second-order valence-electron chi connectivity index (χ2n) is 11.4. The molecule has 2 saturated heterocycles. The van der Waals surface area contributed by atoms with Gasteiger partial charge in [-0.05, 0) is 93.3 Å². The fraction of sp³-hybridized carbons (Fsp3) is 0.643. The number of halogens is 2. The van der Waals surface area contributed by atoms with Gasteiger partial charge in [-0.15, -0.1) is 0 Å². The summed E-state index contributed by atoms with van der Waals surface area (Å²) in [5.74, 6) is -0.543. The number of fused-ring (bicyclic) bond motifs is 1. The zero-order valence-corrected chi connectivity index (χ0v) is 25.3. The first-order valence-corrected chi connectivity index (χ1v) is 14.9. The Morgan fingerprint density at radius 3 is 2.74 bits per heavy atom. The van der Waals surface area contributed by atoms with E-state index in [0.29, 0.717) is 37.4 Å². The van der Waals surface area contributed by atoms with Crippen LogP contribution in [0.1, 0.15) is 77.5 Å². The van der Waals surface area contributed by atoms with E-state index in [9.17, 15) is 14.4 Å². The Morgan fingerprint density at radius 2 is 2.03 bits per heavy atom. The molecule has 2 amide bonds. The van der Waals surface area contributed by atoms with Crippen LogP contribution in [0.5, 0.6) is 0 Å². The van der Waals surface area contributed by atoms with E-state index in [2.05, 4.69) is 26.3 Å². The molecule has 2 aliphatic rings. The summed E-state index contributed by atoms with van der Waals surface area (Å²) in [6.45, 7) is 7.05. The summed E-state index contributed by atoms with van der Waals surface area (Å²) >= 11 is 10.4. The van der Waals surface area contributed by atoms with E-state index >= 15 is 0 Å². The highest BCUT2D eigenvalue weighted by atomic mass is 79.9. The Hall–Kier alpha value is -2.17. The van der Waals surface area contributed by atoms with Crippen molar-refractivity contribution in [3.05, 3.63) is 27.3 Å². The van der Waals surface area contributed by atoms with Gasteiger partial charge in [0.2, 0.25) is 5.91 Å². The number of amides is 2. The summed E-state index contributed by atoms with van der Waals surface area (Å²) in [4.78, 5) is 39.2. The van der Waals surface area contributed by atoms with Gasteiger partial charge in [-0.3, -0.25) is 9.59 Å². The predicted octanol–water partition coefficient (Wildman–Crippen LogP) is 5.81. The standard InChI is InChI=1S/C28H38BrClN4O5/c1-28(2,3)39-27(37)33-12-7-8-18(17-33)23(35)16-31-24(36)10-6-9-19-21(30)14-22-20(26(19)29)15-32-34(22)25-11-4-5-13-38-25/h14-15,18,25H,4-13,16-17H2,1-3H3,(H,31,36). The second kappa shape index (κ2) is 13.0. The van der Waals surface area contributed by atoms with Gasteiger partial charge in [0.15, 0.2) is 12.0 Å². The number of nitrogens with one attached hydrogen (secondary N) is 1. The van der Waals surface area contributed by atoms with Gasteiger partial charge in [-0.1, -0.05) is 11.6 Å². The maximum atomic E-state index is 12.7. The molecule has 0 radical (unpaired) electrons. The average molecular weight is 626 g/mol. The lowest BCUT2D eigenvalue weighted by molar-refractivity contribution is -0.128. The summed E-state index contributed by atoms with van der Waals surface area (Å²) < 4.78 is 14.1. The minimum Gasteiger partial charge on any atom is -0.444 e. The zero-order chi connectivity index (χ0) is 28.2. The van der Waals surface area contributed by atoms with Gasteiger partial charge >= 0.3 is 6.09 Å². The number of ether oxygens (including phenoxy) is 2. The first-order chi connectivity index (χ1) is 18.5. The highest BCUT2D eigenvalue weighted by molar-refractivity contribution is 9.10.